The van der Waals surface area contributed by atoms with Gasteiger partial charge in [0.25, 0.3) is 0 Å². The molecule has 4 nitrogen and oxygen atoms in total. The Morgan fingerprint density at radius 3 is 2.26 bits per heavy atom. The Morgan fingerprint density at radius 2 is 1.70 bits per heavy atom. The minimum absolute atomic E-state index is 0.637. The third-order valence-electron chi connectivity index (χ3n) is 4.98. The van der Waals surface area contributed by atoms with Gasteiger partial charge >= 0.3 is 0 Å². The van der Waals surface area contributed by atoms with Crippen LogP contribution in [0, 0.1) is 0 Å². The molecular weight excluding hydrogens is 284 g/mol. The van der Waals surface area contributed by atoms with E-state index in [4.69, 9.17) is 5.73 Å². The Balaban J connectivity index is 1.95. The molecule has 1 fully saturated rings. The van der Waals surface area contributed by atoms with Crippen LogP contribution in [0.15, 0.2) is 29.3 Å². The van der Waals surface area contributed by atoms with Gasteiger partial charge in [-0.25, -0.2) is 4.99 Å². The molecule has 128 valence electrons. The Bertz CT molecular complexity index is 485. The van der Waals surface area contributed by atoms with Crippen molar-refractivity contribution in [1.82, 2.24) is 4.90 Å². The number of hydrogen-bond acceptors (Lipinski definition) is 2. The monoisotopic (exact) mass is 316 g/mol. The van der Waals surface area contributed by atoms with E-state index in [1.54, 1.807) is 0 Å². The van der Waals surface area contributed by atoms with Gasteiger partial charge < -0.3 is 15.5 Å². The van der Waals surface area contributed by atoms with Crippen molar-refractivity contribution in [3.8, 4) is 0 Å². The number of aliphatic imine (C=N–C) groups is 1. The Kier molecular flexibility index (Phi) is 6.75. The quantitative estimate of drug-likeness (QED) is 0.644. The van der Waals surface area contributed by atoms with Gasteiger partial charge in [0.05, 0.1) is 6.54 Å². The minimum Gasteiger partial charge on any atom is -0.372 e. The van der Waals surface area contributed by atoms with E-state index in [0.717, 1.165) is 13.1 Å². The topological polar surface area (TPSA) is 44.9 Å². The third kappa shape index (κ3) is 4.88. The molecule has 1 aromatic rings. The van der Waals surface area contributed by atoms with E-state index in [2.05, 4.69) is 60.0 Å². The number of benzene rings is 1. The second-order valence-electron chi connectivity index (χ2n) is 6.42. The highest BCUT2D eigenvalue weighted by Gasteiger charge is 2.18. The second kappa shape index (κ2) is 8.80. The lowest BCUT2D eigenvalue weighted by Gasteiger charge is -2.33. The normalized spacial score (nSPS) is 16.4. The summed E-state index contributed by atoms with van der Waals surface area (Å²) in [7, 11) is 2.22. The summed E-state index contributed by atoms with van der Waals surface area (Å²) >= 11 is 0. The smallest absolute Gasteiger partial charge is 0.191 e. The summed E-state index contributed by atoms with van der Waals surface area (Å²) < 4.78 is 0. The molecule has 1 aliphatic rings. The maximum atomic E-state index is 6.03. The first-order chi connectivity index (χ1) is 11.2. The number of rotatable bonds is 6. The largest absolute Gasteiger partial charge is 0.372 e. The molecule has 0 bridgehead atoms. The highest BCUT2D eigenvalue weighted by molar-refractivity contribution is 5.78. The van der Waals surface area contributed by atoms with Gasteiger partial charge in [-0.05, 0) is 44.4 Å². The first-order valence-corrected chi connectivity index (χ1v) is 9.02. The van der Waals surface area contributed by atoms with Crippen molar-refractivity contribution in [2.45, 2.75) is 58.5 Å². The molecule has 0 aromatic heterocycles. The predicted molar refractivity (Wildman–Crippen MR) is 100.0 cm³/mol. The van der Waals surface area contributed by atoms with Gasteiger partial charge in [0, 0.05) is 31.9 Å². The van der Waals surface area contributed by atoms with Gasteiger partial charge in [0.2, 0.25) is 0 Å². The van der Waals surface area contributed by atoms with Crippen LogP contribution in [0.1, 0.15) is 51.5 Å². The second-order valence-corrected chi connectivity index (χ2v) is 6.42. The van der Waals surface area contributed by atoms with Crippen molar-refractivity contribution in [1.29, 1.82) is 0 Å². The van der Waals surface area contributed by atoms with Crippen LogP contribution in [-0.4, -0.2) is 37.0 Å². The molecule has 2 N–H and O–H groups in total. The molecule has 1 saturated carbocycles. The molecule has 2 rings (SSSR count). The van der Waals surface area contributed by atoms with Crippen molar-refractivity contribution >= 4 is 11.6 Å². The van der Waals surface area contributed by atoms with Gasteiger partial charge in [-0.15, -0.1) is 0 Å². The standard InChI is InChI=1S/C19H32N4/c1-4-23(5-2)19(20)21-15-16-11-13-18(14-12-16)22(3)17-9-7-6-8-10-17/h11-14,17H,4-10,15H2,1-3H3,(H2,20,21). The highest BCUT2D eigenvalue weighted by atomic mass is 15.2. The van der Waals surface area contributed by atoms with Crippen LogP contribution in [0.5, 0.6) is 0 Å². The fourth-order valence-corrected chi connectivity index (χ4v) is 3.34. The first kappa shape index (κ1) is 17.6. The third-order valence-corrected chi connectivity index (χ3v) is 4.98. The van der Waals surface area contributed by atoms with Gasteiger partial charge in [-0.1, -0.05) is 31.4 Å². The van der Waals surface area contributed by atoms with Crippen LogP contribution in [0.3, 0.4) is 0 Å². The van der Waals surface area contributed by atoms with Gasteiger partial charge in [-0.3, -0.25) is 0 Å². The predicted octanol–water partition coefficient (Wildman–Crippen LogP) is 3.61. The molecule has 4 heteroatoms. The van der Waals surface area contributed by atoms with Gasteiger partial charge in [0.1, 0.15) is 0 Å². The zero-order valence-corrected chi connectivity index (χ0v) is 15.0. The summed E-state index contributed by atoms with van der Waals surface area (Å²) in [6.45, 7) is 6.65. The van der Waals surface area contributed by atoms with Crippen LogP contribution in [0.25, 0.3) is 0 Å². The Morgan fingerprint density at radius 1 is 1.09 bits per heavy atom. The van der Waals surface area contributed by atoms with Crippen LogP contribution in [0.4, 0.5) is 5.69 Å². The summed E-state index contributed by atoms with van der Waals surface area (Å²) in [5, 5.41) is 0. The Hall–Kier alpha value is -1.71. The van der Waals surface area contributed by atoms with E-state index in [9.17, 15) is 0 Å². The first-order valence-electron chi connectivity index (χ1n) is 9.02. The molecule has 0 aliphatic heterocycles. The van der Waals surface area contributed by atoms with Gasteiger partial charge in [-0.2, -0.15) is 0 Å². The molecule has 0 saturated heterocycles. The van der Waals surface area contributed by atoms with E-state index >= 15 is 0 Å². The van der Waals surface area contributed by atoms with Crippen LogP contribution in [0.2, 0.25) is 0 Å². The molecule has 0 spiro atoms. The van der Waals surface area contributed by atoms with E-state index in [1.165, 1.54) is 43.4 Å². The van der Waals surface area contributed by atoms with E-state index < -0.39 is 0 Å². The molecule has 0 unspecified atom stereocenters. The maximum Gasteiger partial charge on any atom is 0.191 e. The molecular formula is C19H32N4. The number of nitrogens with two attached hydrogens (primary N) is 1. The highest BCUT2D eigenvalue weighted by Crippen LogP contribution is 2.26. The zero-order chi connectivity index (χ0) is 16.7. The molecule has 1 aromatic carbocycles. The minimum atomic E-state index is 0.637. The van der Waals surface area contributed by atoms with Crippen molar-refractivity contribution < 1.29 is 0 Å². The maximum absolute atomic E-state index is 6.03. The molecule has 0 heterocycles. The van der Waals surface area contributed by atoms with Crippen molar-refractivity contribution in [2.75, 3.05) is 25.0 Å². The summed E-state index contributed by atoms with van der Waals surface area (Å²) in [5.41, 5.74) is 8.55. The van der Waals surface area contributed by atoms with Crippen molar-refractivity contribution in [3.63, 3.8) is 0 Å². The lowest BCUT2D eigenvalue weighted by molar-refractivity contribution is 0.427. The average Bonchev–Trinajstić information content (AvgIpc) is 2.61. The van der Waals surface area contributed by atoms with Crippen LogP contribution >= 0.6 is 0 Å². The van der Waals surface area contributed by atoms with Crippen LogP contribution in [-0.2, 0) is 6.54 Å². The summed E-state index contributed by atoms with van der Waals surface area (Å²) in [4.78, 5) is 9.02. The molecule has 0 radical (unpaired) electrons. The Labute approximate surface area is 141 Å². The van der Waals surface area contributed by atoms with Gasteiger partial charge in [0.15, 0.2) is 5.96 Å². The van der Waals surface area contributed by atoms with Crippen molar-refractivity contribution in [3.05, 3.63) is 29.8 Å². The number of guanidine groups is 1. The molecule has 0 amide bonds. The summed E-state index contributed by atoms with van der Waals surface area (Å²) in [6, 6.07) is 9.48. The molecule has 1 aliphatic carbocycles. The van der Waals surface area contributed by atoms with E-state index in [-0.39, 0.29) is 0 Å². The molecule has 0 atom stereocenters. The SMILES string of the molecule is CCN(CC)C(N)=NCc1ccc(N(C)C2CCCCC2)cc1. The zero-order valence-electron chi connectivity index (χ0n) is 15.0. The summed E-state index contributed by atoms with van der Waals surface area (Å²) in [5.74, 6) is 0.637. The van der Waals surface area contributed by atoms with E-state index in [1.807, 2.05) is 0 Å². The number of hydrogen-bond donors (Lipinski definition) is 1. The fraction of sp³-hybridized carbons (Fsp3) is 0.632. The fourth-order valence-electron chi connectivity index (χ4n) is 3.34. The average molecular weight is 316 g/mol. The lowest BCUT2D eigenvalue weighted by atomic mass is 9.94. The number of anilines is 1. The van der Waals surface area contributed by atoms with Crippen LogP contribution < -0.4 is 10.6 Å². The van der Waals surface area contributed by atoms with Crippen molar-refractivity contribution in [2.24, 2.45) is 10.7 Å². The molecule has 23 heavy (non-hydrogen) atoms. The summed E-state index contributed by atoms with van der Waals surface area (Å²) in [6.07, 6.45) is 6.78. The lowest BCUT2D eigenvalue weighted by Crippen LogP contribution is -2.37. The van der Waals surface area contributed by atoms with E-state index in [0.29, 0.717) is 18.5 Å². The number of nitrogens with zero attached hydrogens (tertiary/aromatic N) is 3.